The van der Waals surface area contributed by atoms with E-state index in [4.69, 9.17) is 22.1 Å². The average Bonchev–Trinajstić information content (AvgIpc) is 2.76. The van der Waals surface area contributed by atoms with E-state index in [0.29, 0.717) is 11.6 Å². The molecule has 16 heavy (non-hydrogen) atoms. The minimum absolute atomic E-state index is 0.530. The van der Waals surface area contributed by atoms with Crippen LogP contribution in [0.25, 0.3) is 11.1 Å². The van der Waals surface area contributed by atoms with E-state index in [1.54, 1.807) is 18.4 Å². The Labute approximate surface area is 104 Å². The van der Waals surface area contributed by atoms with Crippen LogP contribution in [0.3, 0.4) is 0 Å². The molecule has 0 aliphatic rings. The summed E-state index contributed by atoms with van der Waals surface area (Å²) < 4.78 is 5.33. The molecule has 2 aromatic rings. The maximum atomic E-state index is 6.00. The highest BCUT2D eigenvalue weighted by atomic mass is 35.5. The molecule has 0 spiro atoms. The normalized spacial score (nSPS) is 10.4. The van der Waals surface area contributed by atoms with Gasteiger partial charge in [-0.25, -0.2) is 0 Å². The molecule has 0 atom stereocenters. The van der Waals surface area contributed by atoms with Gasteiger partial charge in [0.1, 0.15) is 5.75 Å². The van der Waals surface area contributed by atoms with Crippen LogP contribution in [0.1, 0.15) is 4.88 Å². The zero-order valence-electron chi connectivity index (χ0n) is 8.87. The van der Waals surface area contributed by atoms with Gasteiger partial charge in [0.25, 0.3) is 0 Å². The number of nitrogens with two attached hydrogens (primary N) is 1. The van der Waals surface area contributed by atoms with Gasteiger partial charge in [0.05, 0.1) is 7.11 Å². The maximum absolute atomic E-state index is 6.00. The highest BCUT2D eigenvalue weighted by Gasteiger charge is 2.11. The Morgan fingerprint density at radius 3 is 2.81 bits per heavy atom. The molecular formula is C12H12ClNOS. The zero-order chi connectivity index (χ0) is 11.5. The van der Waals surface area contributed by atoms with Crippen molar-refractivity contribution in [3.05, 3.63) is 39.5 Å². The Morgan fingerprint density at radius 2 is 2.12 bits per heavy atom. The predicted molar refractivity (Wildman–Crippen MR) is 69.2 cm³/mol. The molecule has 0 fully saturated rings. The van der Waals surface area contributed by atoms with Crippen LogP contribution in [0.4, 0.5) is 0 Å². The van der Waals surface area contributed by atoms with Crippen molar-refractivity contribution < 1.29 is 4.74 Å². The number of methoxy groups -OCH3 is 1. The maximum Gasteiger partial charge on any atom is 0.126 e. The second kappa shape index (κ2) is 4.87. The van der Waals surface area contributed by atoms with Gasteiger partial charge in [0.15, 0.2) is 0 Å². The van der Waals surface area contributed by atoms with Crippen molar-refractivity contribution in [3.63, 3.8) is 0 Å². The molecule has 2 nitrogen and oxygen atoms in total. The monoisotopic (exact) mass is 253 g/mol. The SMILES string of the molecule is COc1ccc(Cl)cc1-c1ccsc1CN. The van der Waals surface area contributed by atoms with Crippen LogP contribution >= 0.6 is 22.9 Å². The molecule has 0 amide bonds. The van der Waals surface area contributed by atoms with E-state index in [0.717, 1.165) is 21.8 Å². The van der Waals surface area contributed by atoms with Crippen LogP contribution in [-0.4, -0.2) is 7.11 Å². The number of thiophene rings is 1. The second-order valence-corrected chi connectivity index (χ2v) is 4.74. The van der Waals surface area contributed by atoms with Gasteiger partial charge in [-0.05, 0) is 29.6 Å². The summed E-state index contributed by atoms with van der Waals surface area (Å²) in [4.78, 5) is 1.14. The molecule has 84 valence electrons. The minimum Gasteiger partial charge on any atom is -0.496 e. The van der Waals surface area contributed by atoms with Crippen molar-refractivity contribution in [1.82, 2.24) is 0 Å². The lowest BCUT2D eigenvalue weighted by molar-refractivity contribution is 0.416. The Balaban J connectivity index is 2.58. The number of rotatable bonds is 3. The van der Waals surface area contributed by atoms with Crippen molar-refractivity contribution >= 4 is 22.9 Å². The standard InChI is InChI=1S/C12H12ClNOS/c1-15-11-3-2-8(13)6-10(11)9-4-5-16-12(9)7-14/h2-6H,7,14H2,1H3. The van der Waals surface area contributed by atoms with E-state index < -0.39 is 0 Å². The van der Waals surface area contributed by atoms with E-state index in [2.05, 4.69) is 0 Å². The third-order valence-corrected chi connectivity index (χ3v) is 3.56. The highest BCUT2D eigenvalue weighted by molar-refractivity contribution is 7.10. The van der Waals surface area contributed by atoms with Gasteiger partial charge in [0, 0.05) is 27.6 Å². The molecule has 1 heterocycles. The van der Waals surface area contributed by atoms with E-state index in [-0.39, 0.29) is 0 Å². The van der Waals surface area contributed by atoms with Crippen molar-refractivity contribution in [2.45, 2.75) is 6.54 Å². The van der Waals surface area contributed by atoms with Gasteiger partial charge in [0.2, 0.25) is 0 Å². The summed E-state index contributed by atoms with van der Waals surface area (Å²) in [5.74, 6) is 0.817. The zero-order valence-corrected chi connectivity index (χ0v) is 10.4. The molecule has 0 aliphatic heterocycles. The lowest BCUT2D eigenvalue weighted by Crippen LogP contribution is -1.96. The molecule has 0 saturated heterocycles. The molecular weight excluding hydrogens is 242 g/mol. The fourth-order valence-electron chi connectivity index (χ4n) is 1.63. The summed E-state index contributed by atoms with van der Waals surface area (Å²) in [6.45, 7) is 0.530. The number of hydrogen-bond donors (Lipinski definition) is 1. The van der Waals surface area contributed by atoms with Gasteiger partial charge in [-0.2, -0.15) is 0 Å². The fraction of sp³-hybridized carbons (Fsp3) is 0.167. The van der Waals surface area contributed by atoms with Crippen LogP contribution in [0.5, 0.6) is 5.75 Å². The third-order valence-electron chi connectivity index (χ3n) is 2.38. The third kappa shape index (κ3) is 2.07. The largest absolute Gasteiger partial charge is 0.496 e. The first-order valence-corrected chi connectivity index (χ1v) is 6.12. The summed E-state index contributed by atoms with van der Waals surface area (Å²) in [5.41, 5.74) is 7.80. The molecule has 0 saturated carbocycles. The Bertz CT molecular complexity index is 496. The van der Waals surface area contributed by atoms with Crippen LogP contribution < -0.4 is 10.5 Å². The van der Waals surface area contributed by atoms with Crippen LogP contribution in [0.15, 0.2) is 29.6 Å². The predicted octanol–water partition coefficient (Wildman–Crippen LogP) is 3.54. The smallest absolute Gasteiger partial charge is 0.126 e. The van der Waals surface area contributed by atoms with E-state index >= 15 is 0 Å². The molecule has 0 bridgehead atoms. The molecule has 2 N–H and O–H groups in total. The average molecular weight is 254 g/mol. The van der Waals surface area contributed by atoms with E-state index in [9.17, 15) is 0 Å². The minimum atomic E-state index is 0.530. The fourth-order valence-corrected chi connectivity index (χ4v) is 2.57. The van der Waals surface area contributed by atoms with Gasteiger partial charge in [-0.1, -0.05) is 11.6 Å². The second-order valence-electron chi connectivity index (χ2n) is 3.31. The first-order chi connectivity index (χ1) is 7.76. The highest BCUT2D eigenvalue weighted by Crippen LogP contribution is 2.36. The Hall–Kier alpha value is -1.03. The van der Waals surface area contributed by atoms with Crippen LogP contribution in [0.2, 0.25) is 5.02 Å². The Kier molecular flexibility index (Phi) is 3.49. The van der Waals surface area contributed by atoms with Crippen LogP contribution in [-0.2, 0) is 6.54 Å². The molecule has 0 radical (unpaired) electrons. The van der Waals surface area contributed by atoms with Gasteiger partial charge in [-0.3, -0.25) is 0 Å². The van der Waals surface area contributed by atoms with Gasteiger partial charge in [-0.15, -0.1) is 11.3 Å². The van der Waals surface area contributed by atoms with Crippen molar-refractivity contribution in [3.8, 4) is 16.9 Å². The van der Waals surface area contributed by atoms with Crippen molar-refractivity contribution in [2.75, 3.05) is 7.11 Å². The van der Waals surface area contributed by atoms with Crippen molar-refractivity contribution in [1.29, 1.82) is 0 Å². The first kappa shape index (κ1) is 11.5. The quantitative estimate of drug-likeness (QED) is 0.908. The number of ether oxygens (including phenoxy) is 1. The topological polar surface area (TPSA) is 35.2 Å². The van der Waals surface area contributed by atoms with Gasteiger partial charge < -0.3 is 10.5 Å². The summed E-state index contributed by atoms with van der Waals surface area (Å²) in [6, 6.07) is 7.64. The molecule has 4 heteroatoms. The first-order valence-electron chi connectivity index (χ1n) is 4.86. The molecule has 0 unspecified atom stereocenters. The van der Waals surface area contributed by atoms with E-state index in [1.807, 2.05) is 29.6 Å². The summed E-state index contributed by atoms with van der Waals surface area (Å²) in [6.07, 6.45) is 0. The molecule has 0 aliphatic carbocycles. The van der Waals surface area contributed by atoms with Crippen LogP contribution in [0, 0.1) is 0 Å². The number of benzene rings is 1. The number of hydrogen-bond acceptors (Lipinski definition) is 3. The molecule has 2 rings (SSSR count). The van der Waals surface area contributed by atoms with E-state index in [1.165, 1.54) is 0 Å². The summed E-state index contributed by atoms with van der Waals surface area (Å²) in [7, 11) is 1.65. The molecule has 1 aromatic heterocycles. The van der Waals surface area contributed by atoms with Gasteiger partial charge >= 0.3 is 0 Å². The number of halogens is 1. The molecule has 1 aromatic carbocycles. The summed E-state index contributed by atoms with van der Waals surface area (Å²) >= 11 is 7.65. The van der Waals surface area contributed by atoms with Crippen molar-refractivity contribution in [2.24, 2.45) is 5.73 Å². The Morgan fingerprint density at radius 1 is 1.31 bits per heavy atom. The summed E-state index contributed by atoms with van der Waals surface area (Å²) in [5, 5.41) is 2.72. The lowest BCUT2D eigenvalue weighted by Gasteiger charge is -2.09. The lowest BCUT2D eigenvalue weighted by atomic mass is 10.1.